The number of alkyl halides is 3. The van der Waals surface area contributed by atoms with E-state index in [1.165, 1.54) is 32.4 Å². The van der Waals surface area contributed by atoms with E-state index >= 15 is 0 Å². The summed E-state index contributed by atoms with van der Waals surface area (Å²) in [4.78, 5) is 27.6. The van der Waals surface area contributed by atoms with Crippen LogP contribution in [0.5, 0.6) is 11.5 Å². The lowest BCUT2D eigenvalue weighted by Gasteiger charge is -2.26. The second-order valence-corrected chi connectivity index (χ2v) is 8.73. The fourth-order valence-electron chi connectivity index (χ4n) is 4.32. The topological polar surface area (TPSA) is 76.1 Å². The minimum absolute atomic E-state index is 0.0578. The number of hydrogen-bond donors (Lipinski definition) is 1. The number of nitrogens with zero attached hydrogens (tertiary/aromatic N) is 1. The lowest BCUT2D eigenvalue weighted by molar-refractivity contribution is -0.137. The predicted molar refractivity (Wildman–Crippen MR) is 132 cm³/mol. The van der Waals surface area contributed by atoms with Crippen LogP contribution < -0.4 is 14.4 Å². The van der Waals surface area contributed by atoms with Gasteiger partial charge in [0.05, 0.1) is 42.0 Å². The van der Waals surface area contributed by atoms with E-state index < -0.39 is 35.2 Å². The van der Waals surface area contributed by atoms with E-state index in [9.17, 15) is 27.9 Å². The average Bonchev–Trinajstić information content (AvgIpc) is 3.13. The molecule has 1 heterocycles. The van der Waals surface area contributed by atoms with Crippen molar-refractivity contribution in [3.8, 4) is 11.5 Å². The zero-order chi connectivity index (χ0) is 27.1. The number of aliphatic hydroxyl groups excluding tert-OH is 1. The summed E-state index contributed by atoms with van der Waals surface area (Å²) in [5.41, 5.74) is -0.479. The van der Waals surface area contributed by atoms with Gasteiger partial charge in [-0.25, -0.2) is 0 Å². The number of hydrogen-bond acceptors (Lipinski definition) is 5. The van der Waals surface area contributed by atoms with E-state index in [4.69, 9.17) is 21.1 Å². The number of methoxy groups -OCH3 is 2. The molecule has 0 bridgehead atoms. The normalized spacial score (nSPS) is 17.3. The van der Waals surface area contributed by atoms with Gasteiger partial charge in [-0.05, 0) is 60.5 Å². The van der Waals surface area contributed by atoms with Gasteiger partial charge in [-0.15, -0.1) is 0 Å². The molecule has 10 heteroatoms. The van der Waals surface area contributed by atoms with Crippen molar-refractivity contribution in [1.29, 1.82) is 0 Å². The maximum Gasteiger partial charge on any atom is 0.416 e. The highest BCUT2D eigenvalue weighted by molar-refractivity contribution is 6.51. The summed E-state index contributed by atoms with van der Waals surface area (Å²) >= 11 is 6.28. The largest absolute Gasteiger partial charge is 0.507 e. The van der Waals surface area contributed by atoms with Crippen LogP contribution in [0.2, 0.25) is 5.02 Å². The maximum atomic E-state index is 13.5. The Hall–Kier alpha value is -3.98. The number of aliphatic hydroxyl groups is 1. The molecule has 0 radical (unpaired) electrons. The first kappa shape index (κ1) is 26.1. The Bertz CT molecular complexity index is 1430. The molecule has 0 aliphatic carbocycles. The minimum Gasteiger partial charge on any atom is -0.507 e. The van der Waals surface area contributed by atoms with Gasteiger partial charge in [-0.2, -0.15) is 13.2 Å². The van der Waals surface area contributed by atoms with E-state index in [1.807, 2.05) is 0 Å². The van der Waals surface area contributed by atoms with Crippen molar-refractivity contribution in [2.24, 2.45) is 0 Å². The number of ketones is 1. The van der Waals surface area contributed by atoms with Gasteiger partial charge in [0.15, 0.2) is 0 Å². The molecular weight excluding hydrogens is 511 g/mol. The summed E-state index contributed by atoms with van der Waals surface area (Å²) in [5.74, 6) is -2.32. The van der Waals surface area contributed by atoms with Crippen molar-refractivity contribution >= 4 is 34.7 Å². The molecule has 0 saturated carbocycles. The number of rotatable bonds is 5. The van der Waals surface area contributed by atoms with Crippen LogP contribution in [0.4, 0.5) is 18.9 Å². The molecule has 1 N–H and O–H groups in total. The lowest BCUT2D eigenvalue weighted by Crippen LogP contribution is -2.29. The van der Waals surface area contributed by atoms with Crippen molar-refractivity contribution < 1.29 is 37.3 Å². The van der Waals surface area contributed by atoms with Gasteiger partial charge >= 0.3 is 6.18 Å². The van der Waals surface area contributed by atoms with Crippen LogP contribution in [-0.4, -0.2) is 31.0 Å². The second-order valence-electron chi connectivity index (χ2n) is 8.32. The first-order valence-electron chi connectivity index (χ1n) is 10.9. The molecule has 0 spiro atoms. The van der Waals surface area contributed by atoms with E-state index in [0.717, 1.165) is 23.1 Å². The van der Waals surface area contributed by atoms with Gasteiger partial charge in [0, 0.05) is 5.69 Å². The van der Waals surface area contributed by atoms with Crippen molar-refractivity contribution in [3.05, 3.63) is 93.5 Å². The van der Waals surface area contributed by atoms with Crippen LogP contribution in [0.3, 0.4) is 0 Å². The van der Waals surface area contributed by atoms with Gasteiger partial charge in [-0.3, -0.25) is 14.5 Å². The van der Waals surface area contributed by atoms with Gasteiger partial charge in [-0.1, -0.05) is 29.8 Å². The highest BCUT2D eigenvalue weighted by Crippen LogP contribution is 2.45. The number of ether oxygens (including phenoxy) is 2. The summed E-state index contributed by atoms with van der Waals surface area (Å²) in [6.07, 6.45) is -4.68. The Kier molecular flexibility index (Phi) is 6.92. The average molecular weight is 532 g/mol. The smallest absolute Gasteiger partial charge is 0.416 e. The molecular formula is C27H21ClF3NO5. The first-order chi connectivity index (χ1) is 17.5. The van der Waals surface area contributed by atoms with Crippen molar-refractivity contribution in [2.45, 2.75) is 19.1 Å². The van der Waals surface area contributed by atoms with Gasteiger partial charge < -0.3 is 14.6 Å². The molecule has 4 rings (SSSR count). The Morgan fingerprint density at radius 1 is 1.00 bits per heavy atom. The van der Waals surface area contributed by atoms with Crippen molar-refractivity contribution in [3.63, 3.8) is 0 Å². The van der Waals surface area contributed by atoms with Gasteiger partial charge in [0.1, 0.15) is 17.3 Å². The number of anilines is 1. The van der Waals surface area contributed by atoms with Crippen molar-refractivity contribution in [2.75, 3.05) is 19.1 Å². The van der Waals surface area contributed by atoms with E-state index in [0.29, 0.717) is 16.9 Å². The zero-order valence-corrected chi connectivity index (χ0v) is 20.6. The molecule has 0 aromatic heterocycles. The molecule has 1 aliphatic heterocycles. The molecule has 6 nitrogen and oxygen atoms in total. The molecule has 1 fully saturated rings. The standard InChI is InChI=1S/C27H21ClF3NO5/c1-14-10-19(25(37-3)20(28)11-14)23(33)21-22(15-6-4-9-18(12-15)36-2)32(26(35)24(21)34)17-8-5-7-16(13-17)27(29,30)31/h4-13,22,33H,1-3H3/b23-21+. The Labute approximate surface area is 215 Å². The summed E-state index contributed by atoms with van der Waals surface area (Å²) in [6, 6.07) is 12.3. The maximum absolute atomic E-state index is 13.5. The number of aryl methyl sites for hydroxylation is 1. The zero-order valence-electron chi connectivity index (χ0n) is 19.9. The molecule has 1 saturated heterocycles. The van der Waals surface area contributed by atoms with Gasteiger partial charge in [0.25, 0.3) is 11.7 Å². The molecule has 3 aromatic rings. The van der Waals surface area contributed by atoms with Crippen LogP contribution in [0.1, 0.15) is 28.3 Å². The number of halogens is 4. The number of carbonyl (C=O) groups excluding carboxylic acids is 2. The van der Waals surface area contributed by atoms with Gasteiger partial charge in [0.2, 0.25) is 0 Å². The summed E-state index contributed by atoms with van der Waals surface area (Å²) in [5, 5.41) is 11.6. The number of amides is 1. The minimum atomic E-state index is -4.68. The number of Topliss-reactive ketones (excluding diaryl/α,β-unsaturated/α-hetero) is 1. The van der Waals surface area contributed by atoms with E-state index in [1.54, 1.807) is 31.2 Å². The first-order valence-corrected chi connectivity index (χ1v) is 11.3. The number of carbonyl (C=O) groups is 2. The predicted octanol–water partition coefficient (Wildman–Crippen LogP) is 6.31. The van der Waals surface area contributed by atoms with E-state index in [2.05, 4.69) is 0 Å². The summed E-state index contributed by atoms with van der Waals surface area (Å²) in [6.45, 7) is 1.71. The second kappa shape index (κ2) is 9.82. The van der Waals surface area contributed by atoms with Crippen LogP contribution in [-0.2, 0) is 15.8 Å². The number of benzene rings is 3. The highest BCUT2D eigenvalue weighted by atomic mass is 35.5. The molecule has 1 atom stereocenters. The highest BCUT2D eigenvalue weighted by Gasteiger charge is 2.48. The summed E-state index contributed by atoms with van der Waals surface area (Å²) in [7, 11) is 2.75. The fraction of sp³-hybridized carbons (Fsp3) is 0.185. The summed E-state index contributed by atoms with van der Waals surface area (Å²) < 4.78 is 51.0. The van der Waals surface area contributed by atoms with Crippen molar-refractivity contribution in [1.82, 2.24) is 0 Å². The molecule has 3 aromatic carbocycles. The monoisotopic (exact) mass is 531 g/mol. The Morgan fingerprint density at radius 3 is 2.35 bits per heavy atom. The lowest BCUT2D eigenvalue weighted by atomic mass is 9.94. The Balaban J connectivity index is 2.02. The third kappa shape index (κ3) is 4.74. The molecule has 1 aliphatic rings. The van der Waals surface area contributed by atoms with E-state index in [-0.39, 0.29) is 27.6 Å². The molecule has 192 valence electrons. The van der Waals surface area contributed by atoms with Crippen LogP contribution in [0.25, 0.3) is 5.76 Å². The van der Waals surface area contributed by atoms with Crippen LogP contribution >= 0.6 is 11.6 Å². The van der Waals surface area contributed by atoms with Crippen LogP contribution in [0.15, 0.2) is 66.2 Å². The SMILES string of the molecule is COc1cccc(C2/C(=C(\O)c3cc(C)cc(Cl)c3OC)C(=O)C(=O)N2c2cccc(C(F)(F)F)c2)c1. The third-order valence-electron chi connectivity index (χ3n) is 5.95. The molecule has 1 amide bonds. The third-order valence-corrected chi connectivity index (χ3v) is 6.23. The Morgan fingerprint density at radius 2 is 1.70 bits per heavy atom. The molecule has 37 heavy (non-hydrogen) atoms. The fourth-order valence-corrected chi connectivity index (χ4v) is 4.67. The molecule has 1 unspecified atom stereocenters. The van der Waals surface area contributed by atoms with Crippen LogP contribution in [0, 0.1) is 6.92 Å². The quantitative estimate of drug-likeness (QED) is 0.237.